The van der Waals surface area contributed by atoms with Crippen molar-refractivity contribution in [3.8, 4) is 0 Å². The largest absolute Gasteiger partial charge is 0.353 e. The van der Waals surface area contributed by atoms with E-state index in [1.54, 1.807) is 25.1 Å². The van der Waals surface area contributed by atoms with Crippen LogP contribution in [0.4, 0.5) is 5.82 Å². The van der Waals surface area contributed by atoms with Crippen molar-refractivity contribution in [1.82, 2.24) is 15.2 Å². The number of rotatable bonds is 3. The number of hydrogen-bond donors (Lipinski definition) is 1. The molecule has 1 atom stereocenters. The maximum Gasteiger partial charge on any atom is 0.272 e. The topological polar surface area (TPSA) is 48.5 Å². The molecule has 0 aliphatic carbocycles. The average molecular weight is 310 g/mol. The van der Waals surface area contributed by atoms with Gasteiger partial charge in [0.15, 0.2) is 0 Å². The molecule has 23 heavy (non-hydrogen) atoms. The maximum absolute atomic E-state index is 12.1. The van der Waals surface area contributed by atoms with E-state index in [4.69, 9.17) is 0 Å². The minimum absolute atomic E-state index is 0.0680. The Morgan fingerprint density at radius 1 is 1.17 bits per heavy atom. The summed E-state index contributed by atoms with van der Waals surface area (Å²) in [6.07, 6.45) is 0. The van der Waals surface area contributed by atoms with Crippen LogP contribution in [0.2, 0.25) is 0 Å². The van der Waals surface area contributed by atoms with Gasteiger partial charge >= 0.3 is 0 Å². The number of amides is 1. The highest BCUT2D eigenvalue weighted by Crippen LogP contribution is 2.21. The molecule has 1 aliphatic heterocycles. The van der Waals surface area contributed by atoms with Crippen LogP contribution < -0.4 is 10.2 Å². The number of piperazine rings is 1. The lowest BCUT2D eigenvalue weighted by Crippen LogP contribution is -2.46. The summed E-state index contributed by atoms with van der Waals surface area (Å²) in [4.78, 5) is 20.4. The second-order valence-corrected chi connectivity index (χ2v) is 5.94. The summed E-state index contributed by atoms with van der Waals surface area (Å²) in [5, 5.41) is 3.55. The zero-order valence-corrected chi connectivity index (χ0v) is 13.6. The van der Waals surface area contributed by atoms with Crippen molar-refractivity contribution in [2.45, 2.75) is 6.04 Å². The Balaban J connectivity index is 1.79. The number of carbonyl (C=O) groups excluding carboxylic acids is 1. The number of nitrogens with zero attached hydrogens (tertiary/aromatic N) is 3. The lowest BCUT2D eigenvalue weighted by Gasteiger charge is -2.35. The molecule has 0 bridgehead atoms. The molecule has 5 heteroatoms. The monoisotopic (exact) mass is 310 g/mol. The van der Waals surface area contributed by atoms with Gasteiger partial charge in [-0.1, -0.05) is 36.4 Å². The summed E-state index contributed by atoms with van der Waals surface area (Å²) in [5.74, 6) is 0.793. The van der Waals surface area contributed by atoms with Crippen molar-refractivity contribution in [3.63, 3.8) is 0 Å². The molecule has 1 saturated heterocycles. The fraction of sp³-hybridized carbons (Fsp3) is 0.333. The fourth-order valence-electron chi connectivity index (χ4n) is 2.81. The molecule has 1 amide bonds. The molecule has 1 aromatic carbocycles. The van der Waals surface area contributed by atoms with Crippen LogP contribution in [0.1, 0.15) is 22.1 Å². The van der Waals surface area contributed by atoms with E-state index in [-0.39, 0.29) is 11.9 Å². The number of pyridine rings is 1. The molecule has 0 spiro atoms. The van der Waals surface area contributed by atoms with Gasteiger partial charge in [0, 0.05) is 39.8 Å². The molecule has 3 rings (SSSR count). The van der Waals surface area contributed by atoms with Crippen molar-refractivity contribution in [3.05, 3.63) is 59.8 Å². The minimum Gasteiger partial charge on any atom is -0.353 e. The van der Waals surface area contributed by atoms with E-state index >= 15 is 0 Å². The minimum atomic E-state index is -0.0680. The second kappa shape index (κ2) is 6.79. The first kappa shape index (κ1) is 15.5. The molecule has 1 N–H and O–H groups in total. The molecule has 1 aromatic heterocycles. The Morgan fingerprint density at radius 3 is 2.70 bits per heavy atom. The third-order valence-corrected chi connectivity index (χ3v) is 4.06. The normalized spacial score (nSPS) is 17.8. The quantitative estimate of drug-likeness (QED) is 0.941. The SMILES string of the molecule is CN(C)C(=O)c1cccc(N2CCN[C@@H](c3ccccc3)C2)n1. The lowest BCUT2D eigenvalue weighted by molar-refractivity contribution is 0.0822. The van der Waals surface area contributed by atoms with Gasteiger partial charge in [-0.15, -0.1) is 0 Å². The van der Waals surface area contributed by atoms with Crippen molar-refractivity contribution in [2.24, 2.45) is 0 Å². The van der Waals surface area contributed by atoms with Crippen LogP contribution >= 0.6 is 0 Å². The Morgan fingerprint density at radius 2 is 1.96 bits per heavy atom. The van der Waals surface area contributed by atoms with Gasteiger partial charge in [-0.05, 0) is 17.7 Å². The van der Waals surface area contributed by atoms with E-state index < -0.39 is 0 Å². The van der Waals surface area contributed by atoms with Crippen molar-refractivity contribution in [1.29, 1.82) is 0 Å². The highest BCUT2D eigenvalue weighted by molar-refractivity contribution is 5.92. The van der Waals surface area contributed by atoms with Crippen molar-refractivity contribution < 1.29 is 4.79 Å². The molecular formula is C18H22N4O. The number of hydrogen-bond acceptors (Lipinski definition) is 4. The lowest BCUT2D eigenvalue weighted by atomic mass is 10.0. The van der Waals surface area contributed by atoms with Crippen LogP contribution in [0.25, 0.3) is 0 Å². The van der Waals surface area contributed by atoms with E-state index in [1.165, 1.54) is 5.56 Å². The third-order valence-electron chi connectivity index (χ3n) is 4.06. The number of nitrogens with one attached hydrogen (secondary N) is 1. The molecule has 1 aliphatic rings. The molecule has 5 nitrogen and oxygen atoms in total. The van der Waals surface area contributed by atoms with E-state index in [0.29, 0.717) is 5.69 Å². The summed E-state index contributed by atoms with van der Waals surface area (Å²) >= 11 is 0. The Hall–Kier alpha value is -2.40. The molecule has 2 aromatic rings. The molecule has 120 valence electrons. The fourth-order valence-corrected chi connectivity index (χ4v) is 2.81. The molecule has 1 fully saturated rings. The molecular weight excluding hydrogens is 288 g/mol. The number of aromatic nitrogens is 1. The predicted molar refractivity (Wildman–Crippen MR) is 91.7 cm³/mol. The van der Waals surface area contributed by atoms with Gasteiger partial charge in [-0.25, -0.2) is 4.98 Å². The van der Waals surface area contributed by atoms with Crippen LogP contribution in [-0.2, 0) is 0 Å². The zero-order valence-electron chi connectivity index (χ0n) is 13.6. The Bertz CT molecular complexity index is 672. The van der Waals surface area contributed by atoms with Crippen LogP contribution in [0.5, 0.6) is 0 Å². The Kier molecular flexibility index (Phi) is 4.57. The van der Waals surface area contributed by atoms with Gasteiger partial charge in [-0.3, -0.25) is 4.79 Å². The van der Waals surface area contributed by atoms with Gasteiger partial charge in [0.1, 0.15) is 11.5 Å². The highest BCUT2D eigenvalue weighted by Gasteiger charge is 2.22. The van der Waals surface area contributed by atoms with E-state index in [2.05, 4.69) is 39.5 Å². The van der Waals surface area contributed by atoms with E-state index in [9.17, 15) is 4.79 Å². The molecule has 0 radical (unpaired) electrons. The first-order valence-corrected chi connectivity index (χ1v) is 7.87. The van der Waals surface area contributed by atoms with Crippen LogP contribution in [-0.4, -0.2) is 49.5 Å². The summed E-state index contributed by atoms with van der Waals surface area (Å²) in [5.41, 5.74) is 1.76. The summed E-state index contributed by atoms with van der Waals surface area (Å²) < 4.78 is 0. The van der Waals surface area contributed by atoms with Gasteiger partial charge in [0.25, 0.3) is 5.91 Å². The Labute approximate surface area is 136 Å². The van der Waals surface area contributed by atoms with Crippen molar-refractivity contribution in [2.75, 3.05) is 38.6 Å². The van der Waals surface area contributed by atoms with Gasteiger partial charge < -0.3 is 15.1 Å². The van der Waals surface area contributed by atoms with Gasteiger partial charge in [0.2, 0.25) is 0 Å². The predicted octanol–water partition coefficient (Wildman–Crippen LogP) is 1.93. The maximum atomic E-state index is 12.1. The number of carbonyl (C=O) groups is 1. The van der Waals surface area contributed by atoms with Crippen LogP contribution in [0.15, 0.2) is 48.5 Å². The summed E-state index contributed by atoms with van der Waals surface area (Å²) in [6, 6.07) is 16.3. The van der Waals surface area contributed by atoms with Gasteiger partial charge in [0.05, 0.1) is 0 Å². The third kappa shape index (κ3) is 3.51. The first-order valence-electron chi connectivity index (χ1n) is 7.87. The number of anilines is 1. The first-order chi connectivity index (χ1) is 11.1. The smallest absolute Gasteiger partial charge is 0.272 e. The van der Waals surface area contributed by atoms with E-state index in [0.717, 1.165) is 25.5 Å². The standard InChI is InChI=1S/C18H22N4O/c1-21(2)18(23)15-9-6-10-17(20-15)22-12-11-19-16(13-22)14-7-4-3-5-8-14/h3-10,16,19H,11-13H2,1-2H3/t16-/m1/s1. The highest BCUT2D eigenvalue weighted by atomic mass is 16.2. The second-order valence-electron chi connectivity index (χ2n) is 5.94. The van der Waals surface area contributed by atoms with E-state index in [1.807, 2.05) is 18.2 Å². The number of benzene rings is 1. The summed E-state index contributed by atoms with van der Waals surface area (Å²) in [7, 11) is 3.49. The summed E-state index contributed by atoms with van der Waals surface area (Å²) in [6.45, 7) is 2.62. The molecule has 0 unspecified atom stereocenters. The average Bonchev–Trinajstić information content (AvgIpc) is 2.62. The van der Waals surface area contributed by atoms with Crippen molar-refractivity contribution >= 4 is 11.7 Å². The van der Waals surface area contributed by atoms with Crippen LogP contribution in [0, 0.1) is 0 Å². The van der Waals surface area contributed by atoms with Gasteiger partial charge in [-0.2, -0.15) is 0 Å². The zero-order chi connectivity index (χ0) is 16.2. The molecule has 0 saturated carbocycles. The molecule has 2 heterocycles. The van der Waals surface area contributed by atoms with Crippen LogP contribution in [0.3, 0.4) is 0 Å².